The van der Waals surface area contributed by atoms with E-state index in [9.17, 15) is 14.4 Å². The normalized spacial score (nSPS) is 10.0. The van der Waals surface area contributed by atoms with Gasteiger partial charge in [0.2, 0.25) is 5.78 Å². The molecule has 9 nitrogen and oxygen atoms in total. The van der Waals surface area contributed by atoms with Gasteiger partial charge in [-0.3, -0.25) is 19.8 Å². The summed E-state index contributed by atoms with van der Waals surface area (Å²) in [7, 11) is 7.44. The topological polar surface area (TPSA) is 133 Å². The van der Waals surface area contributed by atoms with E-state index >= 15 is 0 Å². The summed E-state index contributed by atoms with van der Waals surface area (Å²) in [6.07, 6.45) is 3.18. The van der Waals surface area contributed by atoms with Gasteiger partial charge in [-0.05, 0) is 52.7 Å². The quantitative estimate of drug-likeness (QED) is 0.176. The Kier molecular flexibility index (Phi) is 12.6. The average molecular weight is 522 g/mol. The standard InChI is InChI=1S/C13H12N2O4.C13H18N2.C3H9N/c1-6(16)12(17)8-5-15-11-7(13(14)18)3-4-9(19-2)10(8)11;1-4-11-9-7-8-10-12(11)13(14)15(5-2)6-3;1-4(2)3/h3-5,15H,1-2H3,(H2,14,18);4,7-10,14H,1,5-6H2,2-3H3;1-3H3. The van der Waals surface area contributed by atoms with Gasteiger partial charge in [0, 0.05) is 31.8 Å². The molecule has 9 heteroatoms. The molecule has 0 unspecified atom stereocenters. The van der Waals surface area contributed by atoms with Crippen LogP contribution in [0, 0.1) is 5.41 Å². The molecule has 3 rings (SSSR count). The van der Waals surface area contributed by atoms with E-state index in [1.54, 1.807) is 6.08 Å². The van der Waals surface area contributed by atoms with Crippen LogP contribution in [-0.2, 0) is 4.79 Å². The Morgan fingerprint density at radius 2 is 1.61 bits per heavy atom. The van der Waals surface area contributed by atoms with Gasteiger partial charge >= 0.3 is 0 Å². The van der Waals surface area contributed by atoms with Crippen LogP contribution in [0.5, 0.6) is 5.75 Å². The molecule has 0 aliphatic heterocycles. The number of nitrogens with one attached hydrogen (secondary N) is 2. The zero-order valence-electron chi connectivity index (χ0n) is 23.3. The molecule has 1 amide bonds. The molecule has 0 aliphatic rings. The number of carbonyl (C=O) groups excluding carboxylic acids is 3. The van der Waals surface area contributed by atoms with Gasteiger partial charge < -0.3 is 25.3 Å². The molecule has 38 heavy (non-hydrogen) atoms. The van der Waals surface area contributed by atoms with Crippen molar-refractivity contribution in [2.75, 3.05) is 41.3 Å². The minimum Gasteiger partial charge on any atom is -0.496 e. The van der Waals surface area contributed by atoms with Crippen LogP contribution in [0.4, 0.5) is 0 Å². The lowest BCUT2D eigenvalue weighted by Crippen LogP contribution is -2.30. The van der Waals surface area contributed by atoms with Crippen LogP contribution in [0.2, 0.25) is 0 Å². The van der Waals surface area contributed by atoms with Crippen molar-refractivity contribution in [1.29, 1.82) is 5.41 Å². The number of hydrogen-bond acceptors (Lipinski definition) is 6. The summed E-state index contributed by atoms with van der Waals surface area (Å²) < 4.78 is 5.16. The average Bonchev–Trinajstić information content (AvgIpc) is 3.33. The van der Waals surface area contributed by atoms with Crippen LogP contribution in [0.3, 0.4) is 0 Å². The summed E-state index contributed by atoms with van der Waals surface area (Å²) >= 11 is 0. The minimum absolute atomic E-state index is 0.169. The number of nitrogens with zero attached hydrogens (tertiary/aromatic N) is 2. The van der Waals surface area contributed by atoms with Crippen molar-refractivity contribution in [3.8, 4) is 5.75 Å². The zero-order valence-corrected chi connectivity index (χ0v) is 23.3. The van der Waals surface area contributed by atoms with Gasteiger partial charge in [0.1, 0.15) is 11.6 Å². The highest BCUT2D eigenvalue weighted by molar-refractivity contribution is 6.45. The Morgan fingerprint density at radius 1 is 1.03 bits per heavy atom. The van der Waals surface area contributed by atoms with Crippen molar-refractivity contribution in [2.45, 2.75) is 20.8 Å². The van der Waals surface area contributed by atoms with E-state index < -0.39 is 17.5 Å². The Labute approximate surface area is 224 Å². The number of primary amides is 1. The molecule has 0 aliphatic carbocycles. The minimum atomic E-state index is -0.647. The Hall–Kier alpha value is -4.24. The number of benzene rings is 2. The molecule has 0 fully saturated rings. The number of ketones is 2. The van der Waals surface area contributed by atoms with Crippen LogP contribution in [0.25, 0.3) is 17.0 Å². The fourth-order valence-electron chi connectivity index (χ4n) is 3.56. The monoisotopic (exact) mass is 521 g/mol. The number of aromatic amines is 1. The van der Waals surface area contributed by atoms with Gasteiger partial charge in [0.05, 0.1) is 29.1 Å². The van der Waals surface area contributed by atoms with Crippen molar-refractivity contribution in [3.05, 3.63) is 71.4 Å². The number of Topliss-reactive ketones (excluding diaryl/α,β-unsaturated/α-hetero) is 2. The molecule has 204 valence electrons. The number of ether oxygens (including phenoxy) is 1. The van der Waals surface area contributed by atoms with Crippen LogP contribution >= 0.6 is 0 Å². The Bertz CT molecular complexity index is 1290. The van der Waals surface area contributed by atoms with E-state index in [4.69, 9.17) is 15.9 Å². The van der Waals surface area contributed by atoms with E-state index in [2.05, 4.69) is 25.4 Å². The second-order valence-electron chi connectivity index (χ2n) is 8.67. The maximum Gasteiger partial charge on any atom is 0.250 e. The smallest absolute Gasteiger partial charge is 0.250 e. The third kappa shape index (κ3) is 8.14. The van der Waals surface area contributed by atoms with Gasteiger partial charge in [-0.15, -0.1) is 0 Å². The van der Waals surface area contributed by atoms with E-state index in [1.807, 2.05) is 55.2 Å². The molecule has 0 spiro atoms. The van der Waals surface area contributed by atoms with Gasteiger partial charge in [-0.1, -0.05) is 36.9 Å². The first kappa shape index (κ1) is 31.8. The fourth-order valence-corrected chi connectivity index (χ4v) is 3.56. The molecule has 0 bridgehead atoms. The maximum atomic E-state index is 11.8. The third-order valence-corrected chi connectivity index (χ3v) is 5.36. The second-order valence-corrected chi connectivity index (χ2v) is 8.67. The summed E-state index contributed by atoms with van der Waals surface area (Å²) in [5.74, 6) is -0.892. The molecule has 2 aromatic carbocycles. The highest BCUT2D eigenvalue weighted by Crippen LogP contribution is 2.31. The molecule has 3 aromatic rings. The molecule has 0 atom stereocenters. The summed E-state index contributed by atoms with van der Waals surface area (Å²) in [5.41, 5.74) is 8.03. The lowest BCUT2D eigenvalue weighted by atomic mass is 10.0. The van der Waals surface area contributed by atoms with Crippen LogP contribution in [0.1, 0.15) is 52.6 Å². The highest BCUT2D eigenvalue weighted by atomic mass is 16.5. The molecular formula is C29H39N5O4. The number of carbonyl (C=O) groups is 3. The van der Waals surface area contributed by atoms with Crippen molar-refractivity contribution >= 4 is 40.3 Å². The zero-order chi connectivity index (χ0) is 29.0. The lowest BCUT2D eigenvalue weighted by molar-refractivity contribution is -0.113. The number of methoxy groups -OCH3 is 1. The molecule has 0 saturated heterocycles. The molecule has 1 aromatic heterocycles. The first-order valence-electron chi connectivity index (χ1n) is 12.1. The van der Waals surface area contributed by atoms with Gasteiger partial charge in [-0.25, -0.2) is 0 Å². The van der Waals surface area contributed by atoms with Crippen molar-refractivity contribution < 1.29 is 19.1 Å². The third-order valence-electron chi connectivity index (χ3n) is 5.36. The lowest BCUT2D eigenvalue weighted by Gasteiger charge is -2.22. The van der Waals surface area contributed by atoms with Gasteiger partial charge in [-0.2, -0.15) is 0 Å². The Morgan fingerprint density at radius 3 is 2.08 bits per heavy atom. The first-order valence-corrected chi connectivity index (χ1v) is 12.1. The maximum absolute atomic E-state index is 11.8. The fraction of sp³-hybridized carbons (Fsp3) is 0.310. The Balaban J connectivity index is 0.000000341. The number of H-pyrrole nitrogens is 1. The molecular weight excluding hydrogens is 482 g/mol. The van der Waals surface area contributed by atoms with Crippen molar-refractivity contribution in [3.63, 3.8) is 0 Å². The molecule has 0 saturated carbocycles. The summed E-state index contributed by atoms with van der Waals surface area (Å²) in [5, 5.41) is 8.50. The predicted molar refractivity (Wildman–Crippen MR) is 154 cm³/mol. The van der Waals surface area contributed by atoms with E-state index in [-0.39, 0.29) is 11.1 Å². The number of nitrogens with two attached hydrogens (primary N) is 1. The largest absolute Gasteiger partial charge is 0.496 e. The summed E-state index contributed by atoms with van der Waals surface area (Å²) in [4.78, 5) is 41.2. The first-order chi connectivity index (χ1) is 17.9. The summed E-state index contributed by atoms with van der Waals surface area (Å²) in [6.45, 7) is 10.8. The van der Waals surface area contributed by atoms with Crippen LogP contribution < -0.4 is 10.5 Å². The van der Waals surface area contributed by atoms with Crippen molar-refractivity contribution in [2.24, 2.45) is 5.73 Å². The van der Waals surface area contributed by atoms with E-state index in [0.29, 0.717) is 22.5 Å². The predicted octanol–water partition coefficient (Wildman–Crippen LogP) is 4.22. The van der Waals surface area contributed by atoms with Crippen LogP contribution in [0.15, 0.2) is 49.2 Å². The van der Waals surface area contributed by atoms with Crippen molar-refractivity contribution in [1.82, 2.24) is 14.8 Å². The summed E-state index contributed by atoms with van der Waals surface area (Å²) in [6, 6.07) is 10.9. The second kappa shape index (κ2) is 15.1. The highest BCUT2D eigenvalue weighted by Gasteiger charge is 2.21. The SMILES string of the molecule is C=Cc1ccccc1C(=N)N(CC)CC.CN(C)C.COc1ccc(C(N)=O)c2[nH]cc(C(=O)C(C)=O)c12. The molecule has 0 radical (unpaired) electrons. The number of rotatable bonds is 8. The number of aromatic nitrogens is 1. The van der Waals surface area contributed by atoms with Gasteiger partial charge in [0.15, 0.2) is 5.78 Å². The van der Waals surface area contributed by atoms with E-state index in [1.165, 1.54) is 32.4 Å². The van der Waals surface area contributed by atoms with E-state index in [0.717, 1.165) is 24.2 Å². The number of amides is 1. The molecule has 4 N–H and O–H groups in total. The van der Waals surface area contributed by atoms with Gasteiger partial charge in [0.25, 0.3) is 5.91 Å². The number of amidine groups is 1. The molecule has 1 heterocycles. The van der Waals surface area contributed by atoms with Crippen LogP contribution in [-0.4, -0.2) is 79.4 Å². The number of fused-ring (bicyclic) bond motifs is 1. The number of hydrogen-bond donors (Lipinski definition) is 3.